The Hall–Kier alpha value is -1.22. The van der Waals surface area contributed by atoms with Crippen LogP contribution in [0.5, 0.6) is 0 Å². The molecule has 112 valence electrons. The van der Waals surface area contributed by atoms with E-state index >= 15 is 0 Å². The summed E-state index contributed by atoms with van der Waals surface area (Å²) in [5.41, 5.74) is 9.48. The molecule has 0 aliphatic rings. The van der Waals surface area contributed by atoms with E-state index in [1.165, 1.54) is 11.1 Å². The zero-order valence-corrected chi connectivity index (χ0v) is 13.8. The average Bonchev–Trinajstić information content (AvgIpc) is 2.40. The summed E-state index contributed by atoms with van der Waals surface area (Å²) in [6, 6.07) is 14.0. The number of hydrogen-bond donors (Lipinski definition) is 1. The van der Waals surface area contributed by atoms with Crippen LogP contribution in [-0.4, -0.2) is 13.1 Å². The second-order valence-electron chi connectivity index (χ2n) is 5.44. The molecule has 1 atom stereocenters. The van der Waals surface area contributed by atoms with Crippen molar-refractivity contribution in [2.45, 2.75) is 25.9 Å². The summed E-state index contributed by atoms with van der Waals surface area (Å²) >= 11 is 12.0. The molecule has 0 aliphatic heterocycles. The van der Waals surface area contributed by atoms with Crippen molar-refractivity contribution in [2.24, 2.45) is 5.73 Å². The van der Waals surface area contributed by atoms with Gasteiger partial charge in [-0.05, 0) is 54.8 Å². The van der Waals surface area contributed by atoms with Crippen LogP contribution in [0.25, 0.3) is 0 Å². The molecule has 4 heteroatoms. The number of rotatable bonds is 5. The Morgan fingerprint density at radius 1 is 1.05 bits per heavy atom. The Bertz CT molecular complexity index is 594. The highest BCUT2D eigenvalue weighted by Gasteiger charge is 2.10. The van der Waals surface area contributed by atoms with Gasteiger partial charge in [0.25, 0.3) is 0 Å². The molecule has 0 heterocycles. The normalized spacial score (nSPS) is 12.2. The van der Waals surface area contributed by atoms with E-state index in [2.05, 4.69) is 18.0 Å². The standard InChI is InChI=1S/C17H20Cl2N2/c1-12(20)9-14-10-16(19)7-8-17(14)21(2)11-13-3-5-15(18)6-4-13/h3-8,10,12H,9,11,20H2,1-2H3. The monoisotopic (exact) mass is 322 g/mol. The van der Waals surface area contributed by atoms with Crippen LogP contribution in [0.1, 0.15) is 18.1 Å². The highest BCUT2D eigenvalue weighted by Crippen LogP contribution is 2.26. The largest absolute Gasteiger partial charge is 0.370 e. The molecule has 0 saturated carbocycles. The highest BCUT2D eigenvalue weighted by atomic mass is 35.5. The minimum atomic E-state index is 0.103. The zero-order chi connectivity index (χ0) is 15.4. The molecule has 0 aliphatic carbocycles. The van der Waals surface area contributed by atoms with Gasteiger partial charge in [0, 0.05) is 35.4 Å². The molecule has 0 saturated heterocycles. The van der Waals surface area contributed by atoms with Crippen molar-refractivity contribution in [2.75, 3.05) is 11.9 Å². The maximum absolute atomic E-state index is 6.11. The van der Waals surface area contributed by atoms with Crippen LogP contribution in [0.3, 0.4) is 0 Å². The Balaban J connectivity index is 2.21. The molecule has 2 aromatic carbocycles. The Labute approximate surface area is 136 Å². The van der Waals surface area contributed by atoms with Crippen molar-refractivity contribution in [1.29, 1.82) is 0 Å². The van der Waals surface area contributed by atoms with Crippen LogP contribution in [0.4, 0.5) is 5.69 Å². The SMILES string of the molecule is CC(N)Cc1cc(Cl)ccc1N(C)Cc1ccc(Cl)cc1. The number of benzene rings is 2. The summed E-state index contributed by atoms with van der Waals surface area (Å²) < 4.78 is 0. The molecule has 0 radical (unpaired) electrons. The Morgan fingerprint density at radius 3 is 2.29 bits per heavy atom. The lowest BCUT2D eigenvalue weighted by molar-refractivity contribution is 0.734. The maximum Gasteiger partial charge on any atom is 0.0426 e. The first-order chi connectivity index (χ1) is 9.95. The fourth-order valence-electron chi connectivity index (χ4n) is 2.39. The van der Waals surface area contributed by atoms with Gasteiger partial charge in [0.2, 0.25) is 0 Å². The van der Waals surface area contributed by atoms with Gasteiger partial charge in [-0.3, -0.25) is 0 Å². The van der Waals surface area contributed by atoms with Gasteiger partial charge in [-0.25, -0.2) is 0 Å². The van der Waals surface area contributed by atoms with Gasteiger partial charge in [-0.15, -0.1) is 0 Å². The topological polar surface area (TPSA) is 29.3 Å². The summed E-state index contributed by atoms with van der Waals surface area (Å²) in [5, 5.41) is 1.50. The Kier molecular flexibility index (Phi) is 5.51. The van der Waals surface area contributed by atoms with E-state index < -0.39 is 0 Å². The lowest BCUT2D eigenvalue weighted by Gasteiger charge is -2.23. The molecule has 0 fully saturated rings. The number of anilines is 1. The van der Waals surface area contributed by atoms with Crippen LogP contribution in [0.15, 0.2) is 42.5 Å². The fraction of sp³-hybridized carbons (Fsp3) is 0.294. The summed E-state index contributed by atoms with van der Waals surface area (Å²) in [7, 11) is 2.07. The second-order valence-corrected chi connectivity index (χ2v) is 6.31. The molecule has 0 bridgehead atoms. The number of halogens is 2. The van der Waals surface area contributed by atoms with E-state index in [0.29, 0.717) is 0 Å². The van der Waals surface area contributed by atoms with Crippen LogP contribution < -0.4 is 10.6 Å². The van der Waals surface area contributed by atoms with Gasteiger partial charge in [0.1, 0.15) is 0 Å². The lowest BCUT2D eigenvalue weighted by atomic mass is 10.0. The predicted octanol–water partition coefficient (Wildman–Crippen LogP) is 4.52. The van der Waals surface area contributed by atoms with Crippen LogP contribution in [0.2, 0.25) is 10.0 Å². The summed E-state index contributed by atoms with van der Waals surface area (Å²) in [6.45, 7) is 2.81. The summed E-state index contributed by atoms with van der Waals surface area (Å²) in [4.78, 5) is 2.21. The number of nitrogens with zero attached hydrogens (tertiary/aromatic N) is 1. The average molecular weight is 323 g/mol. The minimum Gasteiger partial charge on any atom is -0.370 e. The smallest absolute Gasteiger partial charge is 0.0426 e. The molecule has 0 aromatic heterocycles. The van der Waals surface area contributed by atoms with E-state index in [4.69, 9.17) is 28.9 Å². The molecule has 21 heavy (non-hydrogen) atoms. The van der Waals surface area contributed by atoms with E-state index in [0.717, 1.165) is 28.7 Å². The first-order valence-corrected chi connectivity index (χ1v) is 7.71. The van der Waals surface area contributed by atoms with Gasteiger partial charge in [-0.2, -0.15) is 0 Å². The van der Waals surface area contributed by atoms with Gasteiger partial charge in [-0.1, -0.05) is 35.3 Å². The van der Waals surface area contributed by atoms with Gasteiger partial charge >= 0.3 is 0 Å². The molecule has 2 aromatic rings. The first kappa shape index (κ1) is 16.2. The highest BCUT2D eigenvalue weighted by molar-refractivity contribution is 6.31. The van der Waals surface area contributed by atoms with Crippen molar-refractivity contribution >= 4 is 28.9 Å². The molecule has 0 spiro atoms. The molecular weight excluding hydrogens is 303 g/mol. The van der Waals surface area contributed by atoms with Crippen molar-refractivity contribution < 1.29 is 0 Å². The molecule has 2 nitrogen and oxygen atoms in total. The summed E-state index contributed by atoms with van der Waals surface area (Å²) in [6.07, 6.45) is 0.806. The third kappa shape index (κ3) is 4.63. The van der Waals surface area contributed by atoms with Gasteiger partial charge in [0.15, 0.2) is 0 Å². The lowest BCUT2D eigenvalue weighted by Crippen LogP contribution is -2.22. The van der Waals surface area contributed by atoms with E-state index in [1.54, 1.807) is 0 Å². The summed E-state index contributed by atoms with van der Waals surface area (Å²) in [5.74, 6) is 0. The molecule has 0 amide bonds. The van der Waals surface area contributed by atoms with Crippen LogP contribution in [0, 0.1) is 0 Å². The molecule has 2 N–H and O–H groups in total. The van der Waals surface area contributed by atoms with Gasteiger partial charge < -0.3 is 10.6 Å². The third-order valence-electron chi connectivity index (χ3n) is 3.33. The Morgan fingerprint density at radius 2 is 1.67 bits per heavy atom. The quantitative estimate of drug-likeness (QED) is 0.876. The van der Waals surface area contributed by atoms with Crippen molar-refractivity contribution in [3.63, 3.8) is 0 Å². The van der Waals surface area contributed by atoms with Gasteiger partial charge in [0.05, 0.1) is 0 Å². The minimum absolute atomic E-state index is 0.103. The van der Waals surface area contributed by atoms with Crippen molar-refractivity contribution in [3.05, 3.63) is 63.6 Å². The predicted molar refractivity (Wildman–Crippen MR) is 92.4 cm³/mol. The maximum atomic E-state index is 6.11. The van der Waals surface area contributed by atoms with E-state index in [-0.39, 0.29) is 6.04 Å². The van der Waals surface area contributed by atoms with Crippen molar-refractivity contribution in [3.8, 4) is 0 Å². The number of hydrogen-bond acceptors (Lipinski definition) is 2. The van der Waals surface area contributed by atoms with E-state index in [1.807, 2.05) is 43.3 Å². The third-order valence-corrected chi connectivity index (χ3v) is 3.81. The van der Waals surface area contributed by atoms with Crippen LogP contribution in [-0.2, 0) is 13.0 Å². The van der Waals surface area contributed by atoms with Crippen molar-refractivity contribution in [1.82, 2.24) is 0 Å². The number of nitrogens with two attached hydrogens (primary N) is 1. The molecule has 1 unspecified atom stereocenters. The molecule has 2 rings (SSSR count). The van der Waals surface area contributed by atoms with E-state index in [9.17, 15) is 0 Å². The fourth-order valence-corrected chi connectivity index (χ4v) is 2.71. The second kappa shape index (κ2) is 7.17. The zero-order valence-electron chi connectivity index (χ0n) is 12.3. The first-order valence-electron chi connectivity index (χ1n) is 6.95. The molecular formula is C17H20Cl2N2. The van der Waals surface area contributed by atoms with Crippen LogP contribution >= 0.6 is 23.2 Å².